The largest absolute Gasteiger partial charge is 0.458 e. The minimum Gasteiger partial charge on any atom is -0.458 e. The van der Waals surface area contributed by atoms with Crippen LogP contribution in [0.5, 0.6) is 0 Å². The van der Waals surface area contributed by atoms with Crippen LogP contribution in [0.25, 0.3) is 0 Å². The normalized spacial score (nSPS) is 10.0. The molecule has 2 amide bonds. The molecule has 0 spiro atoms. The molecule has 108 valence electrons. The maximum Gasteiger partial charge on any atom is 0.340 e. The average Bonchev–Trinajstić information content (AvgIpc) is 2.35. The number of para-hydroxylation sites is 1. The number of nitrogens with one attached hydrogen (secondary N) is 2. The molecular weight excluding hydrogens is 256 g/mol. The Labute approximate surface area is 119 Å². The highest BCUT2D eigenvalue weighted by atomic mass is 16.5. The minimum atomic E-state index is -0.492. The van der Waals surface area contributed by atoms with E-state index in [0.717, 1.165) is 5.57 Å². The van der Waals surface area contributed by atoms with E-state index in [4.69, 9.17) is 4.74 Å². The van der Waals surface area contributed by atoms with Gasteiger partial charge in [-0.3, -0.25) is 0 Å². The van der Waals surface area contributed by atoms with Crippen molar-refractivity contribution in [2.45, 2.75) is 26.8 Å². The Bertz CT molecular complexity index is 510. The minimum absolute atomic E-state index is 0.0116. The number of ether oxygens (including phenoxy) is 1. The zero-order valence-electron chi connectivity index (χ0n) is 12.0. The lowest BCUT2D eigenvalue weighted by Gasteiger charge is -2.13. The molecule has 0 atom stereocenters. The molecule has 0 saturated carbocycles. The fourth-order valence-electron chi connectivity index (χ4n) is 1.46. The number of benzene rings is 1. The predicted octanol–water partition coefficient (Wildman–Crippen LogP) is 2.95. The van der Waals surface area contributed by atoms with Crippen molar-refractivity contribution in [3.63, 3.8) is 0 Å². The van der Waals surface area contributed by atoms with Crippen molar-refractivity contribution in [2.24, 2.45) is 0 Å². The van der Waals surface area contributed by atoms with E-state index in [0.29, 0.717) is 11.3 Å². The highest BCUT2D eigenvalue weighted by Crippen LogP contribution is 2.16. The van der Waals surface area contributed by atoms with Gasteiger partial charge in [0, 0.05) is 6.04 Å². The lowest BCUT2D eigenvalue weighted by molar-refractivity contribution is 0.0541. The second-order valence-electron chi connectivity index (χ2n) is 4.83. The first-order valence-corrected chi connectivity index (χ1v) is 6.38. The van der Waals surface area contributed by atoms with Crippen LogP contribution in [0.15, 0.2) is 36.4 Å². The zero-order valence-corrected chi connectivity index (χ0v) is 12.0. The lowest BCUT2D eigenvalue weighted by Crippen LogP contribution is -2.34. The van der Waals surface area contributed by atoms with E-state index >= 15 is 0 Å². The Morgan fingerprint density at radius 2 is 1.95 bits per heavy atom. The third-order valence-electron chi connectivity index (χ3n) is 2.26. The van der Waals surface area contributed by atoms with Crippen LogP contribution < -0.4 is 10.6 Å². The quantitative estimate of drug-likeness (QED) is 0.642. The number of anilines is 1. The molecular formula is C15H20N2O3. The maximum absolute atomic E-state index is 11.9. The smallest absolute Gasteiger partial charge is 0.340 e. The Kier molecular flexibility index (Phi) is 5.77. The van der Waals surface area contributed by atoms with Crippen molar-refractivity contribution in [3.05, 3.63) is 42.0 Å². The number of urea groups is 1. The van der Waals surface area contributed by atoms with Gasteiger partial charge in [0.2, 0.25) is 0 Å². The summed E-state index contributed by atoms with van der Waals surface area (Å²) < 4.78 is 5.08. The van der Waals surface area contributed by atoms with Gasteiger partial charge in [-0.15, -0.1) is 0 Å². The first-order valence-electron chi connectivity index (χ1n) is 6.38. The van der Waals surface area contributed by atoms with Crippen LogP contribution in [0.1, 0.15) is 31.1 Å². The average molecular weight is 276 g/mol. The van der Waals surface area contributed by atoms with Crippen LogP contribution in [0, 0.1) is 0 Å². The summed E-state index contributed by atoms with van der Waals surface area (Å²) in [5.41, 5.74) is 1.48. The highest BCUT2D eigenvalue weighted by molar-refractivity contribution is 6.00. The van der Waals surface area contributed by atoms with Gasteiger partial charge in [0.05, 0.1) is 11.3 Å². The fraction of sp³-hybridized carbons (Fsp3) is 0.333. The molecule has 5 heteroatoms. The van der Waals surface area contributed by atoms with Gasteiger partial charge in [0.15, 0.2) is 0 Å². The Morgan fingerprint density at radius 3 is 2.55 bits per heavy atom. The topological polar surface area (TPSA) is 67.4 Å². The molecule has 0 saturated heterocycles. The van der Waals surface area contributed by atoms with E-state index in [2.05, 4.69) is 17.2 Å². The summed E-state index contributed by atoms with van der Waals surface area (Å²) in [5.74, 6) is -0.492. The number of amides is 2. The van der Waals surface area contributed by atoms with Gasteiger partial charge in [-0.05, 0) is 38.5 Å². The van der Waals surface area contributed by atoms with Crippen LogP contribution in [0.3, 0.4) is 0 Å². The number of hydrogen-bond acceptors (Lipinski definition) is 3. The number of carbonyl (C=O) groups excluding carboxylic acids is 2. The summed E-state index contributed by atoms with van der Waals surface area (Å²) >= 11 is 0. The molecule has 0 aromatic heterocycles. The van der Waals surface area contributed by atoms with Gasteiger partial charge in [0.25, 0.3) is 0 Å². The predicted molar refractivity (Wildman–Crippen MR) is 78.8 cm³/mol. The summed E-state index contributed by atoms with van der Waals surface area (Å²) in [6.07, 6.45) is 0. The van der Waals surface area contributed by atoms with Crippen LogP contribution in [0.2, 0.25) is 0 Å². The molecule has 0 radical (unpaired) electrons. The van der Waals surface area contributed by atoms with Gasteiger partial charge < -0.3 is 15.4 Å². The molecule has 0 unspecified atom stereocenters. The summed E-state index contributed by atoms with van der Waals surface area (Å²) in [4.78, 5) is 23.6. The van der Waals surface area contributed by atoms with Gasteiger partial charge in [0.1, 0.15) is 6.61 Å². The van der Waals surface area contributed by atoms with Crippen molar-refractivity contribution in [1.29, 1.82) is 0 Å². The van der Waals surface area contributed by atoms with Gasteiger partial charge in [-0.1, -0.05) is 18.7 Å². The molecule has 1 aromatic rings. The van der Waals surface area contributed by atoms with Gasteiger partial charge >= 0.3 is 12.0 Å². The van der Waals surface area contributed by atoms with Crippen LogP contribution in [-0.2, 0) is 4.74 Å². The van der Waals surface area contributed by atoms with Gasteiger partial charge in [-0.2, -0.15) is 0 Å². The molecule has 0 bridgehead atoms. The van der Waals surface area contributed by atoms with E-state index in [1.54, 1.807) is 31.2 Å². The van der Waals surface area contributed by atoms with Crippen molar-refractivity contribution in [1.82, 2.24) is 5.32 Å². The summed E-state index contributed by atoms with van der Waals surface area (Å²) in [6.45, 7) is 9.30. The number of carbonyl (C=O) groups is 2. The summed E-state index contributed by atoms with van der Waals surface area (Å²) in [7, 11) is 0. The second kappa shape index (κ2) is 7.33. The Hall–Kier alpha value is -2.30. The second-order valence-corrected chi connectivity index (χ2v) is 4.83. The van der Waals surface area contributed by atoms with E-state index in [1.807, 2.05) is 13.8 Å². The molecule has 0 fully saturated rings. The van der Waals surface area contributed by atoms with Crippen molar-refractivity contribution in [2.75, 3.05) is 11.9 Å². The molecule has 0 aliphatic heterocycles. The molecule has 5 nitrogen and oxygen atoms in total. The molecule has 0 aliphatic rings. The van der Waals surface area contributed by atoms with Crippen LogP contribution in [-0.4, -0.2) is 24.6 Å². The molecule has 1 aromatic carbocycles. The zero-order chi connectivity index (χ0) is 15.1. The Morgan fingerprint density at radius 1 is 1.30 bits per heavy atom. The molecule has 20 heavy (non-hydrogen) atoms. The monoisotopic (exact) mass is 276 g/mol. The summed E-state index contributed by atoms with van der Waals surface area (Å²) in [5, 5.41) is 5.33. The number of esters is 1. The third-order valence-corrected chi connectivity index (χ3v) is 2.26. The van der Waals surface area contributed by atoms with Crippen molar-refractivity contribution >= 4 is 17.7 Å². The highest BCUT2D eigenvalue weighted by Gasteiger charge is 2.14. The molecule has 1 rings (SSSR count). The van der Waals surface area contributed by atoms with Crippen molar-refractivity contribution in [3.8, 4) is 0 Å². The van der Waals surface area contributed by atoms with Crippen LogP contribution >= 0.6 is 0 Å². The standard InChI is InChI=1S/C15H20N2O3/c1-10(2)9-20-14(18)12-7-5-6-8-13(12)17-15(19)16-11(3)4/h5-8,11H,1,9H2,2-4H3,(H2,16,17,19). The lowest BCUT2D eigenvalue weighted by atomic mass is 10.2. The SMILES string of the molecule is C=C(C)COC(=O)c1ccccc1NC(=O)NC(C)C. The van der Waals surface area contributed by atoms with Crippen LogP contribution in [0.4, 0.5) is 10.5 Å². The first kappa shape index (κ1) is 15.8. The Balaban J connectivity index is 2.79. The maximum atomic E-state index is 11.9. The fourth-order valence-corrected chi connectivity index (χ4v) is 1.46. The van der Waals surface area contributed by atoms with E-state index in [-0.39, 0.29) is 18.7 Å². The van der Waals surface area contributed by atoms with E-state index in [1.165, 1.54) is 0 Å². The molecule has 2 N–H and O–H groups in total. The van der Waals surface area contributed by atoms with Gasteiger partial charge in [-0.25, -0.2) is 9.59 Å². The number of hydrogen-bond donors (Lipinski definition) is 2. The third kappa shape index (κ3) is 5.14. The molecule has 0 heterocycles. The first-order chi connectivity index (χ1) is 9.40. The van der Waals surface area contributed by atoms with E-state index < -0.39 is 5.97 Å². The van der Waals surface area contributed by atoms with Crippen molar-refractivity contribution < 1.29 is 14.3 Å². The molecule has 0 aliphatic carbocycles. The number of rotatable bonds is 5. The van der Waals surface area contributed by atoms with E-state index in [9.17, 15) is 9.59 Å². The summed E-state index contributed by atoms with van der Waals surface area (Å²) in [6, 6.07) is 6.35.